The van der Waals surface area contributed by atoms with Gasteiger partial charge in [-0.15, -0.1) is 23.5 Å². The number of nitrogens with one attached hydrogen (secondary N) is 1. The predicted molar refractivity (Wildman–Crippen MR) is 181 cm³/mol. The molecule has 1 amide bonds. The smallest absolute Gasteiger partial charge is 0.258 e. The monoisotopic (exact) mass is 584 g/mol. The van der Waals surface area contributed by atoms with Crippen molar-refractivity contribution in [2.45, 2.75) is 39.5 Å². The van der Waals surface area contributed by atoms with Gasteiger partial charge in [-0.2, -0.15) is 0 Å². The van der Waals surface area contributed by atoms with Gasteiger partial charge in [0, 0.05) is 5.56 Å². The molecule has 0 saturated carbocycles. The summed E-state index contributed by atoms with van der Waals surface area (Å²) in [6.45, 7) is 4.48. The molecule has 5 heteroatoms. The van der Waals surface area contributed by atoms with E-state index in [1.807, 2.05) is 53.9 Å². The second kappa shape index (κ2) is 15.9. The molecule has 0 atom stereocenters. The van der Waals surface area contributed by atoms with Crippen molar-refractivity contribution in [1.29, 1.82) is 0 Å². The van der Waals surface area contributed by atoms with E-state index in [-0.39, 0.29) is 5.91 Å². The fraction of sp³-hybridized carbons (Fsp3) is 0.229. The number of carbonyl (C=O) groups excluding carboxylic acids is 1. The van der Waals surface area contributed by atoms with E-state index in [1.165, 1.54) is 20.2 Å². The van der Waals surface area contributed by atoms with Crippen molar-refractivity contribution in [3.8, 4) is 0 Å². The van der Waals surface area contributed by atoms with Crippen molar-refractivity contribution in [3.63, 3.8) is 0 Å². The number of benzene rings is 4. The second-order valence-electron chi connectivity index (χ2n) is 9.54. The molecular formula is C35H39NOPS2+. The van der Waals surface area contributed by atoms with Gasteiger partial charge in [0.15, 0.2) is 12.7 Å². The highest BCUT2D eigenvalue weighted by molar-refractivity contribution is 8.23. The number of hydrogen-bond acceptors (Lipinski definition) is 3. The lowest BCUT2D eigenvalue weighted by atomic mass is 10.2. The normalized spacial score (nSPS) is 11.2. The van der Waals surface area contributed by atoms with Crippen LogP contribution < -0.4 is 21.2 Å². The molecular weight excluding hydrogens is 545 g/mol. The first kappa shape index (κ1) is 30.2. The van der Waals surface area contributed by atoms with Crippen LogP contribution in [-0.4, -0.2) is 17.4 Å². The molecule has 0 unspecified atom stereocenters. The molecule has 4 rings (SSSR count). The van der Waals surface area contributed by atoms with E-state index in [9.17, 15) is 4.79 Å². The van der Waals surface area contributed by atoms with E-state index in [0.29, 0.717) is 5.56 Å². The molecule has 1 N–H and O–H groups in total. The third-order valence-electron chi connectivity index (χ3n) is 6.69. The van der Waals surface area contributed by atoms with E-state index >= 15 is 0 Å². The van der Waals surface area contributed by atoms with Crippen LogP contribution in [0.3, 0.4) is 0 Å². The minimum absolute atomic E-state index is 0.0625. The van der Waals surface area contributed by atoms with Gasteiger partial charge >= 0.3 is 0 Å². The van der Waals surface area contributed by atoms with Crippen molar-refractivity contribution in [2.24, 2.45) is 0 Å². The lowest BCUT2D eigenvalue weighted by Crippen LogP contribution is -2.39. The van der Waals surface area contributed by atoms with Crippen molar-refractivity contribution >= 4 is 52.6 Å². The molecule has 0 aliphatic carbocycles. The lowest BCUT2D eigenvalue weighted by Gasteiger charge is -2.31. The zero-order valence-corrected chi connectivity index (χ0v) is 26.0. The molecule has 40 heavy (non-hydrogen) atoms. The highest BCUT2D eigenvalue weighted by Gasteiger charge is 2.52. The van der Waals surface area contributed by atoms with Crippen LogP contribution in [0.1, 0.15) is 49.9 Å². The number of carbonyl (C=O) groups is 1. The molecule has 0 aromatic heterocycles. The van der Waals surface area contributed by atoms with Gasteiger partial charge in [0.1, 0.15) is 20.2 Å². The van der Waals surface area contributed by atoms with Crippen LogP contribution in [0.25, 0.3) is 0 Å². The number of hydrogen-bond donors (Lipinski definition) is 1. The predicted octanol–water partition coefficient (Wildman–Crippen LogP) is 8.60. The largest absolute Gasteiger partial charge is 0.291 e. The summed E-state index contributed by atoms with van der Waals surface area (Å²) in [4.78, 5) is 14.0. The summed E-state index contributed by atoms with van der Waals surface area (Å²) in [5.41, 5.74) is 1.72. The van der Waals surface area contributed by atoms with Gasteiger partial charge in [0.2, 0.25) is 0 Å². The molecule has 0 radical (unpaired) electrons. The Hall–Kier alpha value is -2.78. The summed E-state index contributed by atoms with van der Waals surface area (Å²) in [7, 11) is -2.49. The van der Waals surface area contributed by atoms with Gasteiger partial charge < -0.3 is 0 Å². The van der Waals surface area contributed by atoms with E-state index < -0.39 is 7.26 Å². The Morgan fingerprint density at radius 3 is 1.35 bits per heavy atom. The van der Waals surface area contributed by atoms with Gasteiger partial charge in [-0.3, -0.25) is 10.1 Å². The maximum atomic E-state index is 14.0. The molecule has 0 saturated heterocycles. The fourth-order valence-corrected chi connectivity index (χ4v) is 12.4. The van der Waals surface area contributed by atoms with E-state index in [0.717, 1.165) is 42.6 Å². The zero-order valence-electron chi connectivity index (χ0n) is 23.5. The summed E-state index contributed by atoms with van der Waals surface area (Å²) in [5.74, 6) is 1.98. The Morgan fingerprint density at radius 2 is 0.975 bits per heavy atom. The maximum absolute atomic E-state index is 14.0. The van der Waals surface area contributed by atoms with Crippen molar-refractivity contribution < 1.29 is 4.79 Å². The third-order valence-corrected chi connectivity index (χ3v) is 13.8. The standard InChI is InChI=1S/C35H38NOPS2/c1-3-5-27-39-35(40-28-6-4-2)34(36-33(37)29-19-11-7-12-20-29)38(30-21-13-8-14-22-30,31-23-15-9-16-24-31)32-25-17-10-18-26-32/h7-26H,3-6,27-28H2,1-2H3/p+1. The highest BCUT2D eigenvalue weighted by Crippen LogP contribution is 2.64. The molecule has 0 aliphatic heterocycles. The topological polar surface area (TPSA) is 29.1 Å². The van der Waals surface area contributed by atoms with Crippen LogP contribution in [0.5, 0.6) is 0 Å². The minimum Gasteiger partial charge on any atom is -0.291 e. The van der Waals surface area contributed by atoms with Crippen LogP contribution in [0.4, 0.5) is 0 Å². The fourth-order valence-electron chi connectivity index (χ4n) is 4.63. The molecule has 206 valence electrons. The summed E-state index contributed by atoms with van der Waals surface area (Å²) in [6, 6.07) is 42.1. The number of unbranched alkanes of at least 4 members (excludes halogenated alkanes) is 2. The number of rotatable bonds is 14. The van der Waals surface area contributed by atoms with Crippen LogP contribution >= 0.6 is 30.8 Å². The van der Waals surface area contributed by atoms with E-state index in [4.69, 9.17) is 0 Å². The van der Waals surface area contributed by atoms with E-state index in [2.05, 4.69) is 110 Å². The maximum Gasteiger partial charge on any atom is 0.258 e. The Morgan fingerprint density at radius 1 is 0.600 bits per heavy atom. The second-order valence-corrected chi connectivity index (χ2v) is 15.3. The Bertz CT molecular complexity index is 1240. The van der Waals surface area contributed by atoms with Crippen molar-refractivity contribution in [3.05, 3.63) is 137 Å². The zero-order chi connectivity index (χ0) is 28.0. The SMILES string of the molecule is CCCCSC(SCCCC)=C(NC(=O)c1ccccc1)[P+](c1ccccc1)(c1ccccc1)c1ccccc1. The summed E-state index contributed by atoms with van der Waals surface area (Å²) < 4.78 is 1.23. The average molecular weight is 585 g/mol. The first-order valence-electron chi connectivity index (χ1n) is 14.1. The number of amides is 1. The summed E-state index contributed by atoms with van der Waals surface area (Å²) in [5, 5.41) is 7.28. The molecule has 4 aromatic rings. The first-order valence-corrected chi connectivity index (χ1v) is 17.9. The molecule has 0 aliphatic rings. The molecule has 0 bridgehead atoms. The van der Waals surface area contributed by atoms with Crippen LogP contribution in [0, 0.1) is 0 Å². The lowest BCUT2D eigenvalue weighted by molar-refractivity contribution is 0.0968. The summed E-state index contributed by atoms with van der Waals surface area (Å²) in [6.07, 6.45) is 4.55. The molecule has 4 aromatic carbocycles. The van der Waals surface area contributed by atoms with Crippen LogP contribution in [-0.2, 0) is 0 Å². The molecule has 0 fully saturated rings. The van der Waals surface area contributed by atoms with Gasteiger partial charge in [-0.1, -0.05) is 99.5 Å². The van der Waals surface area contributed by atoms with Crippen LogP contribution in [0.2, 0.25) is 0 Å². The van der Waals surface area contributed by atoms with E-state index in [1.54, 1.807) is 0 Å². The average Bonchev–Trinajstić information content (AvgIpc) is 3.02. The number of thioether (sulfide) groups is 2. The molecule has 0 heterocycles. The van der Waals surface area contributed by atoms with Gasteiger partial charge in [-0.25, -0.2) is 0 Å². The molecule has 2 nitrogen and oxygen atoms in total. The first-order chi connectivity index (χ1) is 19.7. The van der Waals surface area contributed by atoms with Gasteiger partial charge in [0.25, 0.3) is 5.91 Å². The Balaban J connectivity index is 2.06. The van der Waals surface area contributed by atoms with Crippen LogP contribution in [0.15, 0.2) is 131 Å². The van der Waals surface area contributed by atoms with Crippen molar-refractivity contribution in [2.75, 3.05) is 11.5 Å². The summed E-state index contributed by atoms with van der Waals surface area (Å²) >= 11 is 3.82. The van der Waals surface area contributed by atoms with Crippen molar-refractivity contribution in [1.82, 2.24) is 5.32 Å². The Labute approximate surface area is 249 Å². The third kappa shape index (κ3) is 7.29. The Kier molecular flexibility index (Phi) is 12.0. The molecule has 0 spiro atoms. The highest BCUT2D eigenvalue weighted by atomic mass is 32.2. The quantitative estimate of drug-likeness (QED) is 0.119. The minimum atomic E-state index is -2.49. The van der Waals surface area contributed by atoms with Gasteiger partial charge in [0.05, 0.1) is 0 Å². The van der Waals surface area contributed by atoms with Gasteiger partial charge in [-0.05, 0) is 72.9 Å².